The molecule has 7 nitrogen and oxygen atoms in total. The minimum absolute atomic E-state index is 0.284. The lowest BCUT2D eigenvalue weighted by Gasteiger charge is -2.58. The highest BCUT2D eigenvalue weighted by Crippen LogP contribution is 2.66. The van der Waals surface area contributed by atoms with E-state index in [1.54, 1.807) is 11.1 Å². The van der Waals surface area contributed by atoms with Crippen molar-refractivity contribution >= 4 is 11.7 Å². The number of pyridine rings is 1. The van der Waals surface area contributed by atoms with E-state index in [4.69, 9.17) is 4.84 Å². The molecule has 1 aliphatic heterocycles. The van der Waals surface area contributed by atoms with Crippen LogP contribution in [-0.2, 0) is 4.84 Å². The number of amides is 1. The first-order valence-corrected chi connectivity index (χ1v) is 15.9. The molecule has 40 heavy (non-hydrogen) atoms. The minimum Gasteiger partial charge on any atom is -0.354 e. The highest BCUT2D eigenvalue weighted by molar-refractivity contribution is 5.72. The Kier molecular flexibility index (Phi) is 8.34. The molecule has 6 atom stereocenters. The topological polar surface area (TPSA) is 78.5 Å². The Hall–Kier alpha value is -2.22. The quantitative estimate of drug-likeness (QED) is 0.237. The summed E-state index contributed by atoms with van der Waals surface area (Å²) in [6.07, 6.45) is 18.4. The third-order valence-electron chi connectivity index (χ3n) is 11.4. The Morgan fingerprint density at radius 2 is 2.00 bits per heavy atom. The lowest BCUT2D eigenvalue weighted by atomic mass is 9.46. The second-order valence-electron chi connectivity index (χ2n) is 13.5. The fourth-order valence-electron chi connectivity index (χ4n) is 9.18. The number of nitrogens with zero attached hydrogens (tertiary/aromatic N) is 2. The summed E-state index contributed by atoms with van der Waals surface area (Å²) in [5.41, 5.74) is 8.13. The minimum atomic E-state index is -0.366. The molecule has 5 aliphatic rings. The van der Waals surface area contributed by atoms with Crippen LogP contribution in [0.2, 0.25) is 0 Å². The van der Waals surface area contributed by atoms with Crippen molar-refractivity contribution in [1.29, 1.82) is 0 Å². The normalized spacial score (nSPS) is 35.5. The Labute approximate surface area is 240 Å². The zero-order chi connectivity index (χ0) is 27.6. The van der Waals surface area contributed by atoms with Crippen LogP contribution < -0.4 is 16.1 Å². The van der Waals surface area contributed by atoms with Gasteiger partial charge in [0, 0.05) is 51.7 Å². The van der Waals surface area contributed by atoms with Gasteiger partial charge in [-0.2, -0.15) is 5.48 Å². The molecule has 1 aromatic heterocycles. The average Bonchev–Trinajstić information content (AvgIpc) is 3.34. The summed E-state index contributed by atoms with van der Waals surface area (Å²) in [6, 6.07) is 4.33. The lowest BCUT2D eigenvalue weighted by Crippen LogP contribution is -2.50. The maximum atomic E-state index is 12.2. The number of carbonyl (C=O) groups excluding carboxylic acids is 1. The molecule has 218 valence electrons. The van der Waals surface area contributed by atoms with Gasteiger partial charge >= 0.3 is 6.09 Å². The van der Waals surface area contributed by atoms with Crippen LogP contribution in [0.5, 0.6) is 0 Å². The number of hydroxylamine groups is 1. The van der Waals surface area contributed by atoms with Crippen molar-refractivity contribution in [2.24, 2.45) is 34.5 Å². The van der Waals surface area contributed by atoms with Crippen LogP contribution in [-0.4, -0.2) is 61.8 Å². The van der Waals surface area contributed by atoms with E-state index >= 15 is 0 Å². The molecule has 0 bridgehead atoms. The fourth-order valence-corrected chi connectivity index (χ4v) is 9.18. The van der Waals surface area contributed by atoms with E-state index in [0.29, 0.717) is 24.4 Å². The number of nitrogens with one attached hydrogen (secondary N) is 3. The first-order chi connectivity index (χ1) is 19.5. The van der Waals surface area contributed by atoms with Crippen molar-refractivity contribution in [3.05, 3.63) is 47.8 Å². The zero-order valence-corrected chi connectivity index (χ0v) is 24.6. The molecule has 3 N–H and O–H groups in total. The van der Waals surface area contributed by atoms with Crippen molar-refractivity contribution in [3.8, 4) is 0 Å². The van der Waals surface area contributed by atoms with Gasteiger partial charge in [-0.1, -0.05) is 37.6 Å². The van der Waals surface area contributed by atoms with Gasteiger partial charge in [0.2, 0.25) is 0 Å². The third-order valence-corrected chi connectivity index (χ3v) is 11.4. The first kappa shape index (κ1) is 27.9. The van der Waals surface area contributed by atoms with Gasteiger partial charge in [0.1, 0.15) is 0 Å². The Balaban J connectivity index is 0.983. The van der Waals surface area contributed by atoms with Gasteiger partial charge in [-0.3, -0.25) is 4.98 Å². The molecule has 0 aromatic carbocycles. The molecule has 0 spiro atoms. The average molecular weight is 548 g/mol. The van der Waals surface area contributed by atoms with E-state index in [1.165, 1.54) is 44.1 Å². The van der Waals surface area contributed by atoms with E-state index in [2.05, 4.69) is 70.3 Å². The number of rotatable bonds is 8. The molecule has 7 heteroatoms. The fraction of sp³-hybridized carbons (Fsp3) is 0.697. The van der Waals surface area contributed by atoms with Gasteiger partial charge < -0.3 is 20.4 Å². The number of fused-ring (bicyclic) bond motifs is 5. The van der Waals surface area contributed by atoms with E-state index in [-0.39, 0.29) is 11.5 Å². The number of aromatic nitrogens is 1. The number of allylic oxidation sites excluding steroid dienone is 3. The molecule has 6 rings (SSSR count). The van der Waals surface area contributed by atoms with Crippen LogP contribution in [0.15, 0.2) is 42.3 Å². The van der Waals surface area contributed by atoms with Gasteiger partial charge in [0.05, 0.1) is 0 Å². The summed E-state index contributed by atoms with van der Waals surface area (Å²) in [6.45, 7) is 11.8. The van der Waals surface area contributed by atoms with Crippen LogP contribution in [0.3, 0.4) is 0 Å². The number of carbonyl (C=O) groups is 1. The van der Waals surface area contributed by atoms with Gasteiger partial charge in [-0.15, -0.1) is 0 Å². The maximum Gasteiger partial charge on any atom is 0.426 e. The second kappa shape index (κ2) is 11.9. The summed E-state index contributed by atoms with van der Waals surface area (Å²) >= 11 is 0. The molecule has 1 amide bonds. The SMILES string of the molecule is C[C@]12CCC(CNOC(=O)NCCCN3CCNCC3)C=C1CC[C@H]1[C@@H]2CC[C@]2(C)C(c3cccnc3)=CC[C@@H]12. The van der Waals surface area contributed by atoms with Gasteiger partial charge in [-0.05, 0) is 110 Å². The van der Waals surface area contributed by atoms with Gasteiger partial charge in [0.15, 0.2) is 0 Å². The predicted octanol–water partition coefficient (Wildman–Crippen LogP) is 5.18. The summed E-state index contributed by atoms with van der Waals surface area (Å²) in [5.74, 6) is 2.77. The molecule has 1 aromatic rings. The van der Waals surface area contributed by atoms with Crippen molar-refractivity contribution in [2.45, 2.75) is 65.2 Å². The van der Waals surface area contributed by atoms with Crippen LogP contribution in [0.4, 0.5) is 4.79 Å². The molecule has 3 fully saturated rings. The zero-order valence-electron chi connectivity index (χ0n) is 24.6. The standard InChI is InChI=1S/C33H49N5O2/c1-32-12-10-24(22-37-40-31(39)36-15-4-18-38-19-16-34-17-20-38)21-26(32)6-7-27-29-9-8-28(25-5-3-14-35-23-25)33(29,2)13-11-30(27)32/h3,5,8,14,21,23-24,27,29-30,34,37H,4,6-7,9-13,15-20,22H2,1-2H3,(H,36,39)/t24?,27-,29+,30+,32+,33-/m1/s1. The Morgan fingerprint density at radius 3 is 2.83 bits per heavy atom. The Morgan fingerprint density at radius 1 is 1.15 bits per heavy atom. The molecular formula is C33H49N5O2. The summed E-state index contributed by atoms with van der Waals surface area (Å²) in [5, 5.41) is 6.26. The van der Waals surface area contributed by atoms with Crippen molar-refractivity contribution in [2.75, 3.05) is 45.8 Å². The van der Waals surface area contributed by atoms with Crippen LogP contribution >= 0.6 is 0 Å². The monoisotopic (exact) mass is 547 g/mol. The molecule has 4 aliphatic carbocycles. The van der Waals surface area contributed by atoms with E-state index in [9.17, 15) is 4.79 Å². The lowest BCUT2D eigenvalue weighted by molar-refractivity contribution is -0.0250. The smallest absolute Gasteiger partial charge is 0.354 e. The van der Waals surface area contributed by atoms with E-state index in [1.807, 2.05) is 6.20 Å². The highest BCUT2D eigenvalue weighted by Gasteiger charge is 2.57. The van der Waals surface area contributed by atoms with Crippen molar-refractivity contribution in [1.82, 2.24) is 26.0 Å². The highest BCUT2D eigenvalue weighted by atomic mass is 16.7. The van der Waals surface area contributed by atoms with Crippen LogP contribution in [0.25, 0.3) is 5.57 Å². The molecular weight excluding hydrogens is 498 g/mol. The molecule has 1 unspecified atom stereocenters. The molecule has 0 radical (unpaired) electrons. The number of piperazine rings is 1. The predicted molar refractivity (Wildman–Crippen MR) is 159 cm³/mol. The molecule has 1 saturated heterocycles. The Bertz CT molecular complexity index is 1100. The first-order valence-electron chi connectivity index (χ1n) is 15.9. The summed E-state index contributed by atoms with van der Waals surface area (Å²) < 4.78 is 0. The largest absolute Gasteiger partial charge is 0.426 e. The summed E-state index contributed by atoms with van der Waals surface area (Å²) in [4.78, 5) is 24.4. The van der Waals surface area contributed by atoms with Gasteiger partial charge in [0.25, 0.3) is 0 Å². The van der Waals surface area contributed by atoms with E-state index < -0.39 is 0 Å². The summed E-state index contributed by atoms with van der Waals surface area (Å²) in [7, 11) is 0. The maximum absolute atomic E-state index is 12.2. The number of hydrogen-bond acceptors (Lipinski definition) is 6. The van der Waals surface area contributed by atoms with Crippen molar-refractivity contribution < 1.29 is 9.63 Å². The molecule has 2 heterocycles. The van der Waals surface area contributed by atoms with Crippen LogP contribution in [0, 0.1) is 34.5 Å². The third kappa shape index (κ3) is 5.49. The van der Waals surface area contributed by atoms with Crippen molar-refractivity contribution in [3.63, 3.8) is 0 Å². The van der Waals surface area contributed by atoms with E-state index in [0.717, 1.165) is 63.3 Å². The number of hydrogen-bond donors (Lipinski definition) is 3. The van der Waals surface area contributed by atoms with Crippen LogP contribution in [0.1, 0.15) is 70.8 Å². The molecule has 2 saturated carbocycles. The van der Waals surface area contributed by atoms with Gasteiger partial charge in [-0.25, -0.2) is 4.79 Å². The second-order valence-corrected chi connectivity index (χ2v) is 13.5.